The van der Waals surface area contributed by atoms with Crippen molar-refractivity contribution >= 4 is 0 Å². The SMILES string of the molecule is NNC(CC1CCC(F)(F)C1)C1Cc2ccccc21. The van der Waals surface area contributed by atoms with Gasteiger partial charge in [-0.05, 0) is 36.3 Å². The summed E-state index contributed by atoms with van der Waals surface area (Å²) in [5.74, 6) is 3.68. The molecule has 2 aliphatic rings. The third kappa shape index (κ3) is 2.51. The topological polar surface area (TPSA) is 38.0 Å². The highest BCUT2D eigenvalue weighted by molar-refractivity contribution is 5.41. The lowest BCUT2D eigenvalue weighted by Crippen LogP contribution is -2.44. The Bertz CT molecular complexity index is 461. The predicted octanol–water partition coefficient (Wildman–Crippen LogP) is 2.98. The van der Waals surface area contributed by atoms with E-state index in [0.29, 0.717) is 12.3 Å². The molecule has 19 heavy (non-hydrogen) atoms. The summed E-state index contributed by atoms with van der Waals surface area (Å²) in [7, 11) is 0. The molecular weight excluding hydrogens is 246 g/mol. The van der Waals surface area contributed by atoms with Crippen molar-refractivity contribution in [2.24, 2.45) is 11.8 Å². The molecule has 0 saturated heterocycles. The van der Waals surface area contributed by atoms with Crippen molar-refractivity contribution in [1.82, 2.24) is 5.43 Å². The first-order valence-electron chi connectivity index (χ1n) is 7.01. The highest BCUT2D eigenvalue weighted by atomic mass is 19.3. The van der Waals surface area contributed by atoms with Crippen molar-refractivity contribution in [3.05, 3.63) is 35.4 Å². The first kappa shape index (κ1) is 13.0. The van der Waals surface area contributed by atoms with E-state index in [1.807, 2.05) is 12.1 Å². The van der Waals surface area contributed by atoms with Crippen LogP contribution >= 0.6 is 0 Å². The van der Waals surface area contributed by atoms with Gasteiger partial charge in [0.25, 0.3) is 0 Å². The highest BCUT2D eigenvalue weighted by Gasteiger charge is 2.41. The smallest absolute Gasteiger partial charge is 0.248 e. The minimum absolute atomic E-state index is 0.0273. The van der Waals surface area contributed by atoms with Crippen molar-refractivity contribution in [3.63, 3.8) is 0 Å². The van der Waals surface area contributed by atoms with Crippen LogP contribution in [0.25, 0.3) is 0 Å². The molecule has 1 aromatic rings. The molecule has 0 aliphatic heterocycles. The molecule has 0 heterocycles. The summed E-state index contributed by atoms with van der Waals surface area (Å²) < 4.78 is 26.5. The zero-order valence-corrected chi connectivity index (χ0v) is 10.9. The van der Waals surface area contributed by atoms with Gasteiger partial charge in [-0.2, -0.15) is 0 Å². The minimum Gasteiger partial charge on any atom is -0.271 e. The summed E-state index contributed by atoms with van der Waals surface area (Å²) in [5.41, 5.74) is 5.55. The molecule has 2 nitrogen and oxygen atoms in total. The van der Waals surface area contributed by atoms with Crippen LogP contribution in [0.15, 0.2) is 24.3 Å². The Morgan fingerprint density at radius 3 is 2.79 bits per heavy atom. The van der Waals surface area contributed by atoms with Crippen molar-refractivity contribution in [2.45, 2.75) is 50.0 Å². The number of nitrogens with one attached hydrogen (secondary N) is 1. The van der Waals surface area contributed by atoms with Crippen LogP contribution in [0.3, 0.4) is 0 Å². The number of benzene rings is 1. The fraction of sp³-hybridized carbons (Fsp3) is 0.600. The summed E-state index contributed by atoms with van der Waals surface area (Å²) in [4.78, 5) is 0. The Morgan fingerprint density at radius 2 is 2.16 bits per heavy atom. The van der Waals surface area contributed by atoms with E-state index in [-0.39, 0.29) is 24.8 Å². The van der Waals surface area contributed by atoms with Crippen LogP contribution in [-0.2, 0) is 6.42 Å². The molecule has 3 N–H and O–H groups in total. The maximum Gasteiger partial charge on any atom is 0.248 e. The van der Waals surface area contributed by atoms with Crippen LogP contribution < -0.4 is 11.3 Å². The number of hydrogen-bond acceptors (Lipinski definition) is 2. The van der Waals surface area contributed by atoms with E-state index in [4.69, 9.17) is 5.84 Å². The predicted molar refractivity (Wildman–Crippen MR) is 70.9 cm³/mol. The Morgan fingerprint density at radius 1 is 1.37 bits per heavy atom. The molecule has 104 valence electrons. The van der Waals surface area contributed by atoms with E-state index in [1.54, 1.807) is 0 Å². The van der Waals surface area contributed by atoms with Crippen molar-refractivity contribution in [2.75, 3.05) is 0 Å². The van der Waals surface area contributed by atoms with Crippen LogP contribution in [0.4, 0.5) is 8.78 Å². The maximum absolute atomic E-state index is 13.2. The third-order valence-electron chi connectivity index (χ3n) is 4.69. The average molecular weight is 266 g/mol. The molecule has 4 heteroatoms. The number of halogens is 2. The lowest BCUT2D eigenvalue weighted by molar-refractivity contribution is 0.00414. The Kier molecular flexibility index (Phi) is 3.31. The summed E-state index contributed by atoms with van der Waals surface area (Å²) >= 11 is 0. The molecule has 0 aromatic heterocycles. The molecule has 0 radical (unpaired) electrons. The van der Waals surface area contributed by atoms with E-state index in [1.165, 1.54) is 11.1 Å². The zero-order valence-electron chi connectivity index (χ0n) is 10.9. The van der Waals surface area contributed by atoms with Gasteiger partial charge in [-0.1, -0.05) is 24.3 Å². The van der Waals surface area contributed by atoms with Crippen molar-refractivity contribution in [1.29, 1.82) is 0 Å². The summed E-state index contributed by atoms with van der Waals surface area (Å²) in [6.07, 6.45) is 2.45. The summed E-state index contributed by atoms with van der Waals surface area (Å²) in [6.45, 7) is 0. The van der Waals surface area contributed by atoms with Crippen LogP contribution in [-0.4, -0.2) is 12.0 Å². The Hall–Kier alpha value is -1.00. The lowest BCUT2D eigenvalue weighted by atomic mass is 9.71. The molecule has 1 fully saturated rings. The molecule has 0 amide bonds. The van der Waals surface area contributed by atoms with Crippen LogP contribution in [0.1, 0.15) is 42.7 Å². The van der Waals surface area contributed by atoms with Crippen LogP contribution in [0.2, 0.25) is 0 Å². The first-order valence-corrected chi connectivity index (χ1v) is 7.01. The lowest BCUT2D eigenvalue weighted by Gasteiger charge is -2.37. The second-order valence-corrected chi connectivity index (χ2v) is 5.98. The number of hydrogen-bond donors (Lipinski definition) is 2. The Balaban J connectivity index is 1.64. The average Bonchev–Trinajstić information content (AvgIpc) is 2.69. The first-order chi connectivity index (χ1) is 9.09. The Labute approximate surface area is 112 Å². The molecule has 1 aromatic carbocycles. The molecule has 3 rings (SSSR count). The minimum atomic E-state index is -2.46. The van der Waals surface area contributed by atoms with Crippen molar-refractivity contribution in [3.8, 4) is 0 Å². The maximum atomic E-state index is 13.2. The molecule has 3 atom stereocenters. The molecule has 1 saturated carbocycles. The fourth-order valence-corrected chi connectivity index (χ4v) is 3.61. The number of rotatable bonds is 4. The van der Waals surface area contributed by atoms with E-state index >= 15 is 0 Å². The highest BCUT2D eigenvalue weighted by Crippen LogP contribution is 2.44. The van der Waals surface area contributed by atoms with E-state index in [9.17, 15) is 8.78 Å². The zero-order chi connectivity index (χ0) is 13.5. The van der Waals surface area contributed by atoms with Gasteiger partial charge in [-0.3, -0.25) is 11.3 Å². The molecule has 0 bridgehead atoms. The van der Waals surface area contributed by atoms with Gasteiger partial charge in [0.15, 0.2) is 0 Å². The van der Waals surface area contributed by atoms with Gasteiger partial charge in [0.1, 0.15) is 0 Å². The third-order valence-corrected chi connectivity index (χ3v) is 4.69. The van der Waals surface area contributed by atoms with Gasteiger partial charge in [0.05, 0.1) is 0 Å². The molecule has 3 unspecified atom stereocenters. The molecule has 2 aliphatic carbocycles. The second kappa shape index (κ2) is 4.84. The number of fused-ring (bicyclic) bond motifs is 1. The number of hydrazine groups is 1. The number of nitrogens with two attached hydrogens (primary N) is 1. The van der Waals surface area contributed by atoms with Crippen LogP contribution in [0, 0.1) is 5.92 Å². The number of alkyl halides is 2. The second-order valence-electron chi connectivity index (χ2n) is 5.98. The summed E-state index contributed by atoms with van der Waals surface area (Å²) in [5, 5.41) is 0. The van der Waals surface area contributed by atoms with Gasteiger partial charge in [0, 0.05) is 24.8 Å². The largest absolute Gasteiger partial charge is 0.271 e. The van der Waals surface area contributed by atoms with Gasteiger partial charge in [-0.15, -0.1) is 0 Å². The van der Waals surface area contributed by atoms with E-state index < -0.39 is 5.92 Å². The van der Waals surface area contributed by atoms with Crippen LogP contribution in [0.5, 0.6) is 0 Å². The monoisotopic (exact) mass is 266 g/mol. The van der Waals surface area contributed by atoms with Gasteiger partial charge in [0.2, 0.25) is 5.92 Å². The van der Waals surface area contributed by atoms with Crippen molar-refractivity contribution < 1.29 is 8.78 Å². The molecular formula is C15H20F2N2. The summed E-state index contributed by atoms with van der Waals surface area (Å²) in [6, 6.07) is 8.44. The molecule has 0 spiro atoms. The fourth-order valence-electron chi connectivity index (χ4n) is 3.61. The normalized spacial score (nSPS) is 29.6. The van der Waals surface area contributed by atoms with Gasteiger partial charge < -0.3 is 0 Å². The standard InChI is InChI=1S/C15H20F2N2/c16-15(17)6-5-10(9-15)7-14(19-18)13-8-11-3-1-2-4-12(11)13/h1-4,10,13-14,19H,5-9,18H2. The van der Waals surface area contributed by atoms with Gasteiger partial charge in [-0.25, -0.2) is 8.78 Å². The quantitative estimate of drug-likeness (QED) is 0.649. The van der Waals surface area contributed by atoms with Gasteiger partial charge >= 0.3 is 0 Å². The van der Waals surface area contributed by atoms with E-state index in [0.717, 1.165) is 12.8 Å². The van der Waals surface area contributed by atoms with E-state index in [2.05, 4.69) is 17.6 Å².